The van der Waals surface area contributed by atoms with Crippen LogP contribution in [0.2, 0.25) is 0 Å². The minimum absolute atomic E-state index is 0.0534. The molecule has 1 unspecified atom stereocenters. The van der Waals surface area contributed by atoms with Crippen molar-refractivity contribution in [2.24, 2.45) is 5.41 Å². The van der Waals surface area contributed by atoms with Crippen molar-refractivity contribution in [2.75, 3.05) is 0 Å². The van der Waals surface area contributed by atoms with Gasteiger partial charge >= 0.3 is 0 Å². The minimum Gasteiger partial charge on any atom is -0.303 e. The Morgan fingerprint density at radius 2 is 2.13 bits per heavy atom. The Bertz CT molecular complexity index is 386. The second kappa shape index (κ2) is 3.76. The molecule has 0 amide bonds. The summed E-state index contributed by atoms with van der Waals surface area (Å²) in [4.78, 5) is 10.7. The highest BCUT2D eigenvalue weighted by molar-refractivity contribution is 5.52. The van der Waals surface area contributed by atoms with Crippen LogP contribution in [0.5, 0.6) is 0 Å². The number of carbonyl (C=O) groups excluding carboxylic acids is 1. The number of carbonyl (C=O) groups is 1. The first-order valence-electron chi connectivity index (χ1n) is 5.40. The molecule has 0 heterocycles. The highest BCUT2D eigenvalue weighted by atomic mass is 19.1. The maximum atomic E-state index is 13.0. The molecule has 0 saturated carbocycles. The van der Waals surface area contributed by atoms with Crippen molar-refractivity contribution in [3.63, 3.8) is 0 Å². The van der Waals surface area contributed by atoms with Crippen molar-refractivity contribution < 1.29 is 9.18 Å². The van der Waals surface area contributed by atoms with E-state index < -0.39 is 0 Å². The van der Waals surface area contributed by atoms with Gasteiger partial charge in [-0.15, -0.1) is 0 Å². The van der Waals surface area contributed by atoms with Crippen LogP contribution in [-0.2, 0) is 17.6 Å². The molecule has 0 aliphatic heterocycles. The number of benzene rings is 1. The molecule has 2 heteroatoms. The zero-order valence-electron chi connectivity index (χ0n) is 8.92. The summed E-state index contributed by atoms with van der Waals surface area (Å²) in [5.41, 5.74) is 2.34. The van der Waals surface area contributed by atoms with Gasteiger partial charge in [0.15, 0.2) is 0 Å². The zero-order valence-corrected chi connectivity index (χ0v) is 8.92. The molecule has 0 bridgehead atoms. The van der Waals surface area contributed by atoms with Gasteiger partial charge in [-0.3, -0.25) is 0 Å². The lowest BCUT2D eigenvalue weighted by Gasteiger charge is -2.24. The fourth-order valence-corrected chi connectivity index (χ4v) is 2.52. The van der Waals surface area contributed by atoms with Crippen LogP contribution in [0, 0.1) is 11.2 Å². The Morgan fingerprint density at radius 1 is 1.40 bits per heavy atom. The van der Waals surface area contributed by atoms with E-state index in [-0.39, 0.29) is 11.2 Å². The number of halogens is 1. The summed E-state index contributed by atoms with van der Waals surface area (Å²) >= 11 is 0. The van der Waals surface area contributed by atoms with Gasteiger partial charge in [-0.1, -0.05) is 13.0 Å². The summed E-state index contributed by atoms with van der Waals surface area (Å²) < 4.78 is 13.0. The molecule has 1 aliphatic rings. The van der Waals surface area contributed by atoms with Crippen LogP contribution in [0.3, 0.4) is 0 Å². The Hall–Kier alpha value is -1.18. The number of fused-ring (bicyclic) bond motifs is 1. The Morgan fingerprint density at radius 3 is 2.80 bits per heavy atom. The number of aldehydes is 1. The average molecular weight is 206 g/mol. The van der Waals surface area contributed by atoms with Crippen molar-refractivity contribution >= 4 is 6.29 Å². The normalized spacial score (nSPS) is 23.9. The molecule has 15 heavy (non-hydrogen) atoms. The molecule has 0 spiro atoms. The van der Waals surface area contributed by atoms with Gasteiger partial charge in [0.05, 0.1) is 0 Å². The van der Waals surface area contributed by atoms with Gasteiger partial charge in [0.2, 0.25) is 0 Å². The fraction of sp³-hybridized carbons (Fsp3) is 0.462. The van der Waals surface area contributed by atoms with Crippen LogP contribution in [0.25, 0.3) is 0 Å². The van der Waals surface area contributed by atoms with E-state index in [4.69, 9.17) is 0 Å². The molecule has 80 valence electrons. The average Bonchev–Trinajstić information content (AvgIpc) is 2.56. The van der Waals surface area contributed by atoms with Gasteiger partial charge < -0.3 is 4.79 Å². The Labute approximate surface area is 89.3 Å². The first kappa shape index (κ1) is 10.3. The van der Waals surface area contributed by atoms with Crippen molar-refractivity contribution in [1.29, 1.82) is 0 Å². The van der Waals surface area contributed by atoms with E-state index in [1.165, 1.54) is 11.6 Å². The largest absolute Gasteiger partial charge is 0.303 e. The van der Waals surface area contributed by atoms with E-state index in [1.54, 1.807) is 6.07 Å². The molecule has 0 radical (unpaired) electrons. The second-order valence-corrected chi connectivity index (χ2v) is 4.49. The van der Waals surface area contributed by atoms with Crippen LogP contribution in [-0.4, -0.2) is 6.29 Å². The monoisotopic (exact) mass is 206 g/mol. The van der Waals surface area contributed by atoms with E-state index in [1.807, 2.05) is 6.07 Å². The third-order valence-corrected chi connectivity index (χ3v) is 3.57. The van der Waals surface area contributed by atoms with E-state index >= 15 is 0 Å². The molecular weight excluding hydrogens is 191 g/mol. The van der Waals surface area contributed by atoms with Crippen LogP contribution >= 0.6 is 0 Å². The third-order valence-electron chi connectivity index (χ3n) is 3.57. The van der Waals surface area contributed by atoms with Crippen LogP contribution in [0.15, 0.2) is 18.2 Å². The molecule has 1 atom stereocenters. The molecule has 1 aliphatic carbocycles. The lowest BCUT2D eigenvalue weighted by Crippen LogP contribution is -2.20. The van der Waals surface area contributed by atoms with E-state index in [0.29, 0.717) is 6.42 Å². The number of hydrogen-bond acceptors (Lipinski definition) is 1. The number of rotatable bonds is 3. The maximum Gasteiger partial charge on any atom is 0.123 e. The quantitative estimate of drug-likeness (QED) is 0.695. The van der Waals surface area contributed by atoms with Gasteiger partial charge in [-0.05, 0) is 47.9 Å². The summed E-state index contributed by atoms with van der Waals surface area (Å²) in [6, 6.07) is 4.97. The van der Waals surface area contributed by atoms with E-state index in [2.05, 4.69) is 6.92 Å². The standard InChI is InChI=1S/C13H15FO/c1-2-13(5-6-15)8-10-3-4-12(14)7-11(10)9-13/h3-4,6-7H,2,5,8-9H2,1H3. The molecule has 1 aromatic carbocycles. The van der Waals surface area contributed by atoms with Crippen molar-refractivity contribution in [2.45, 2.75) is 32.6 Å². The summed E-state index contributed by atoms with van der Waals surface area (Å²) in [6.45, 7) is 2.10. The lowest BCUT2D eigenvalue weighted by molar-refractivity contribution is -0.109. The molecule has 0 fully saturated rings. The van der Waals surface area contributed by atoms with E-state index in [9.17, 15) is 9.18 Å². The fourth-order valence-electron chi connectivity index (χ4n) is 2.52. The second-order valence-electron chi connectivity index (χ2n) is 4.49. The molecule has 2 rings (SSSR count). The van der Waals surface area contributed by atoms with Crippen LogP contribution in [0.4, 0.5) is 4.39 Å². The Balaban J connectivity index is 2.30. The van der Waals surface area contributed by atoms with Crippen molar-refractivity contribution in [3.05, 3.63) is 35.1 Å². The first-order valence-corrected chi connectivity index (χ1v) is 5.40. The van der Waals surface area contributed by atoms with Gasteiger partial charge in [0.1, 0.15) is 12.1 Å². The van der Waals surface area contributed by atoms with Gasteiger partial charge in [0, 0.05) is 6.42 Å². The van der Waals surface area contributed by atoms with E-state index in [0.717, 1.165) is 31.1 Å². The third kappa shape index (κ3) is 1.81. The molecule has 0 aromatic heterocycles. The molecule has 0 N–H and O–H groups in total. The lowest BCUT2D eigenvalue weighted by atomic mass is 9.79. The van der Waals surface area contributed by atoms with Crippen molar-refractivity contribution in [3.8, 4) is 0 Å². The smallest absolute Gasteiger partial charge is 0.123 e. The van der Waals surface area contributed by atoms with Crippen LogP contribution in [0.1, 0.15) is 30.9 Å². The Kier molecular flexibility index (Phi) is 2.59. The molecule has 1 aromatic rings. The summed E-state index contributed by atoms with van der Waals surface area (Å²) in [5.74, 6) is -0.174. The highest BCUT2D eigenvalue weighted by Crippen LogP contribution is 2.41. The minimum atomic E-state index is -0.174. The summed E-state index contributed by atoms with van der Waals surface area (Å²) in [6.07, 6.45) is 4.31. The first-order chi connectivity index (χ1) is 7.19. The number of hydrogen-bond donors (Lipinski definition) is 0. The summed E-state index contributed by atoms with van der Waals surface area (Å²) in [5, 5.41) is 0. The molecule has 0 saturated heterocycles. The topological polar surface area (TPSA) is 17.1 Å². The predicted molar refractivity (Wildman–Crippen MR) is 57.2 cm³/mol. The highest BCUT2D eigenvalue weighted by Gasteiger charge is 2.35. The van der Waals surface area contributed by atoms with Crippen molar-refractivity contribution in [1.82, 2.24) is 0 Å². The summed E-state index contributed by atoms with van der Waals surface area (Å²) in [7, 11) is 0. The molecule has 1 nitrogen and oxygen atoms in total. The van der Waals surface area contributed by atoms with Gasteiger partial charge in [0.25, 0.3) is 0 Å². The molecular formula is C13H15FO. The zero-order chi connectivity index (χ0) is 10.9. The maximum absolute atomic E-state index is 13.0. The predicted octanol–water partition coefficient (Wildman–Crippen LogP) is 2.91. The van der Waals surface area contributed by atoms with Crippen LogP contribution < -0.4 is 0 Å². The van der Waals surface area contributed by atoms with Gasteiger partial charge in [-0.2, -0.15) is 0 Å². The van der Waals surface area contributed by atoms with Gasteiger partial charge in [-0.25, -0.2) is 4.39 Å². The SMILES string of the molecule is CCC1(CC=O)Cc2ccc(F)cc2C1.